The van der Waals surface area contributed by atoms with Crippen molar-refractivity contribution in [3.63, 3.8) is 0 Å². The van der Waals surface area contributed by atoms with E-state index < -0.39 is 0 Å². The molecule has 0 rings (SSSR count). The summed E-state index contributed by atoms with van der Waals surface area (Å²) >= 11 is 0. The maximum absolute atomic E-state index is 11.1. The zero-order chi connectivity index (χ0) is 14.2. The number of ether oxygens (including phenoxy) is 3. The summed E-state index contributed by atoms with van der Waals surface area (Å²) in [5, 5.41) is 2.77. The van der Waals surface area contributed by atoms with Gasteiger partial charge in [-0.3, -0.25) is 4.79 Å². The Bertz CT molecular complexity index is 174. The largest absolute Gasteiger partial charge is 0.382 e. The maximum Gasteiger partial charge on any atom is 0.222 e. The molecule has 0 radical (unpaired) electrons. The molecule has 0 spiro atoms. The van der Waals surface area contributed by atoms with E-state index in [1.54, 1.807) is 7.11 Å². The first kappa shape index (κ1) is 19.7. The SMILES string of the molecule is CC.COCCOCCOCCNC(=O)C(C)C. The lowest BCUT2D eigenvalue weighted by atomic mass is 10.2. The van der Waals surface area contributed by atoms with Gasteiger partial charge in [0.15, 0.2) is 0 Å². The first-order valence-corrected chi connectivity index (χ1v) is 6.60. The first-order valence-electron chi connectivity index (χ1n) is 6.60. The molecule has 5 heteroatoms. The molecule has 18 heavy (non-hydrogen) atoms. The van der Waals surface area contributed by atoms with Gasteiger partial charge in [0.05, 0.1) is 33.0 Å². The van der Waals surface area contributed by atoms with Gasteiger partial charge in [-0.05, 0) is 0 Å². The lowest BCUT2D eigenvalue weighted by molar-refractivity contribution is -0.124. The smallest absolute Gasteiger partial charge is 0.222 e. The van der Waals surface area contributed by atoms with Gasteiger partial charge in [0, 0.05) is 19.6 Å². The molecule has 0 aromatic rings. The molecule has 0 saturated heterocycles. The highest BCUT2D eigenvalue weighted by Crippen LogP contribution is 1.89. The molecule has 0 atom stereocenters. The second kappa shape index (κ2) is 16.4. The molecule has 0 unspecified atom stereocenters. The highest BCUT2D eigenvalue weighted by Gasteiger charge is 2.04. The van der Waals surface area contributed by atoms with Crippen LogP contribution in [0.3, 0.4) is 0 Å². The molecule has 0 fully saturated rings. The molecule has 5 nitrogen and oxygen atoms in total. The van der Waals surface area contributed by atoms with E-state index in [2.05, 4.69) is 5.32 Å². The lowest BCUT2D eigenvalue weighted by Gasteiger charge is -2.08. The number of carbonyl (C=O) groups excluding carboxylic acids is 1. The van der Waals surface area contributed by atoms with E-state index in [9.17, 15) is 4.79 Å². The summed E-state index contributed by atoms with van der Waals surface area (Å²) in [6.45, 7) is 11.1. The number of nitrogens with one attached hydrogen (secondary N) is 1. The summed E-state index contributed by atoms with van der Waals surface area (Å²) in [5.41, 5.74) is 0. The highest BCUT2D eigenvalue weighted by atomic mass is 16.5. The first-order chi connectivity index (χ1) is 8.68. The van der Waals surface area contributed by atoms with Gasteiger partial charge in [0.25, 0.3) is 0 Å². The molecular weight excluding hydrogens is 234 g/mol. The van der Waals surface area contributed by atoms with Crippen molar-refractivity contribution in [2.75, 3.05) is 46.7 Å². The van der Waals surface area contributed by atoms with E-state index >= 15 is 0 Å². The molecule has 0 saturated carbocycles. The number of carbonyl (C=O) groups is 1. The third-order valence-electron chi connectivity index (χ3n) is 1.87. The van der Waals surface area contributed by atoms with Gasteiger partial charge in [0.2, 0.25) is 5.91 Å². The summed E-state index contributed by atoms with van der Waals surface area (Å²) in [6, 6.07) is 0. The molecular formula is C13H29NO4. The van der Waals surface area contributed by atoms with Gasteiger partial charge >= 0.3 is 0 Å². The Hall–Kier alpha value is -0.650. The standard InChI is InChI=1S/C11H23NO4.C2H6/c1-10(2)11(13)12-4-5-15-8-9-16-7-6-14-3;1-2/h10H,4-9H2,1-3H3,(H,12,13);1-2H3. The second-order valence-corrected chi connectivity index (χ2v) is 3.66. The zero-order valence-corrected chi connectivity index (χ0v) is 12.5. The minimum atomic E-state index is 0.0253. The van der Waals surface area contributed by atoms with Crippen LogP contribution in [0.5, 0.6) is 0 Å². The van der Waals surface area contributed by atoms with Gasteiger partial charge in [-0.15, -0.1) is 0 Å². The van der Waals surface area contributed by atoms with Crippen molar-refractivity contribution in [2.24, 2.45) is 5.92 Å². The number of amides is 1. The average molecular weight is 263 g/mol. The molecule has 0 aliphatic heterocycles. The number of hydrogen-bond donors (Lipinski definition) is 1. The van der Waals surface area contributed by atoms with E-state index in [1.165, 1.54) is 0 Å². The number of methoxy groups -OCH3 is 1. The Labute approximate surface area is 111 Å². The normalized spacial score (nSPS) is 9.89. The van der Waals surface area contributed by atoms with Crippen molar-refractivity contribution in [1.82, 2.24) is 5.32 Å². The van der Waals surface area contributed by atoms with Crippen LogP contribution in [-0.4, -0.2) is 52.6 Å². The number of hydrogen-bond acceptors (Lipinski definition) is 4. The minimum absolute atomic E-state index is 0.0253. The molecule has 1 amide bonds. The van der Waals surface area contributed by atoms with Gasteiger partial charge < -0.3 is 19.5 Å². The molecule has 0 aliphatic carbocycles. The molecule has 0 heterocycles. The monoisotopic (exact) mass is 263 g/mol. The molecule has 110 valence electrons. The van der Waals surface area contributed by atoms with Crippen molar-refractivity contribution in [2.45, 2.75) is 27.7 Å². The van der Waals surface area contributed by atoms with Crippen LogP contribution in [0.4, 0.5) is 0 Å². The van der Waals surface area contributed by atoms with Crippen molar-refractivity contribution in [1.29, 1.82) is 0 Å². The average Bonchev–Trinajstić information content (AvgIpc) is 2.38. The van der Waals surface area contributed by atoms with E-state index in [0.717, 1.165) is 0 Å². The van der Waals surface area contributed by atoms with Crippen LogP contribution in [0.15, 0.2) is 0 Å². The Morgan fingerprint density at radius 3 is 2.00 bits per heavy atom. The van der Waals surface area contributed by atoms with Crippen molar-refractivity contribution >= 4 is 5.91 Å². The Balaban J connectivity index is 0. The summed E-state index contributed by atoms with van der Waals surface area (Å²) in [5.74, 6) is 0.0809. The molecule has 1 N–H and O–H groups in total. The highest BCUT2D eigenvalue weighted by molar-refractivity contribution is 5.77. The summed E-state index contributed by atoms with van der Waals surface area (Å²) in [4.78, 5) is 11.1. The quantitative estimate of drug-likeness (QED) is 0.606. The van der Waals surface area contributed by atoms with Crippen LogP contribution in [0, 0.1) is 5.92 Å². The third-order valence-corrected chi connectivity index (χ3v) is 1.87. The topological polar surface area (TPSA) is 56.8 Å². The van der Waals surface area contributed by atoms with Crippen LogP contribution < -0.4 is 5.32 Å². The van der Waals surface area contributed by atoms with Crippen LogP contribution >= 0.6 is 0 Å². The van der Waals surface area contributed by atoms with Crippen LogP contribution in [0.1, 0.15) is 27.7 Å². The van der Waals surface area contributed by atoms with Gasteiger partial charge in [-0.25, -0.2) is 0 Å². The third kappa shape index (κ3) is 15.4. The second-order valence-electron chi connectivity index (χ2n) is 3.66. The van der Waals surface area contributed by atoms with Gasteiger partial charge in [-0.1, -0.05) is 27.7 Å². The fourth-order valence-corrected chi connectivity index (χ4v) is 0.915. The Kier molecular flexibility index (Phi) is 17.9. The van der Waals surface area contributed by atoms with E-state index in [0.29, 0.717) is 39.6 Å². The van der Waals surface area contributed by atoms with E-state index in [1.807, 2.05) is 27.7 Å². The molecule has 0 bridgehead atoms. The van der Waals surface area contributed by atoms with Crippen molar-refractivity contribution < 1.29 is 19.0 Å². The predicted molar refractivity (Wildman–Crippen MR) is 72.7 cm³/mol. The maximum atomic E-state index is 11.1. The summed E-state index contributed by atoms with van der Waals surface area (Å²) in [6.07, 6.45) is 0. The zero-order valence-electron chi connectivity index (χ0n) is 12.5. The fourth-order valence-electron chi connectivity index (χ4n) is 0.915. The van der Waals surface area contributed by atoms with Gasteiger partial charge in [-0.2, -0.15) is 0 Å². The van der Waals surface area contributed by atoms with E-state index in [-0.39, 0.29) is 11.8 Å². The summed E-state index contributed by atoms with van der Waals surface area (Å²) < 4.78 is 15.3. The molecule has 0 aliphatic rings. The van der Waals surface area contributed by atoms with Crippen molar-refractivity contribution in [3.8, 4) is 0 Å². The minimum Gasteiger partial charge on any atom is -0.382 e. The van der Waals surface area contributed by atoms with E-state index in [4.69, 9.17) is 14.2 Å². The van der Waals surface area contributed by atoms with Crippen LogP contribution in [0.2, 0.25) is 0 Å². The summed E-state index contributed by atoms with van der Waals surface area (Å²) in [7, 11) is 1.64. The Morgan fingerprint density at radius 2 is 1.50 bits per heavy atom. The fraction of sp³-hybridized carbons (Fsp3) is 0.923. The van der Waals surface area contributed by atoms with Crippen molar-refractivity contribution in [3.05, 3.63) is 0 Å². The number of rotatable bonds is 10. The lowest BCUT2D eigenvalue weighted by Crippen LogP contribution is -2.31. The van der Waals surface area contributed by atoms with Gasteiger partial charge in [0.1, 0.15) is 0 Å². The Morgan fingerprint density at radius 1 is 1.00 bits per heavy atom. The molecule has 0 aromatic heterocycles. The molecule has 0 aromatic carbocycles. The predicted octanol–water partition coefficient (Wildman–Crippen LogP) is 1.46. The van der Waals surface area contributed by atoms with Crippen LogP contribution in [-0.2, 0) is 19.0 Å². The van der Waals surface area contributed by atoms with Crippen LogP contribution in [0.25, 0.3) is 0 Å².